The van der Waals surface area contributed by atoms with Crippen LogP contribution in [0.25, 0.3) is 0 Å². The Kier molecular flexibility index (Phi) is 3.57. The molecule has 3 heterocycles. The normalized spacial score (nSPS) is 18.8. The quantitative estimate of drug-likeness (QED) is 0.902. The van der Waals surface area contributed by atoms with Gasteiger partial charge < -0.3 is 9.88 Å². The van der Waals surface area contributed by atoms with Gasteiger partial charge in [0, 0.05) is 42.2 Å². The van der Waals surface area contributed by atoms with E-state index >= 15 is 0 Å². The fraction of sp³-hybridized carbons (Fsp3) is 0.667. The molecule has 1 aliphatic heterocycles. The van der Waals surface area contributed by atoms with Crippen molar-refractivity contribution in [3.63, 3.8) is 0 Å². The fourth-order valence-corrected chi connectivity index (χ4v) is 2.98. The van der Waals surface area contributed by atoms with Crippen molar-refractivity contribution in [2.45, 2.75) is 65.1 Å². The molecule has 0 spiro atoms. The van der Waals surface area contributed by atoms with Crippen LogP contribution in [0.5, 0.6) is 0 Å². The molecular weight excluding hydrogens is 264 g/mol. The predicted molar refractivity (Wildman–Crippen MR) is 81.0 cm³/mol. The molecule has 0 radical (unpaired) electrons. The molecule has 6 heteroatoms. The molecule has 0 saturated carbocycles. The maximum absolute atomic E-state index is 4.22. The molecule has 114 valence electrons. The van der Waals surface area contributed by atoms with Crippen LogP contribution < -0.4 is 5.32 Å². The van der Waals surface area contributed by atoms with Crippen LogP contribution in [-0.4, -0.2) is 31.0 Å². The predicted octanol–water partition coefficient (Wildman–Crippen LogP) is 1.71. The molecule has 2 aromatic heterocycles. The standard InChI is InChI=1S/C15H24N6/c1-10-18-19-13-6-5-12(9-21(10)13)16-7-11-8-17-20-14(11)15(2,3)4/h8,12,16H,5-7,9H2,1-4H3,(H,17,20). The zero-order valence-corrected chi connectivity index (χ0v) is 13.3. The van der Waals surface area contributed by atoms with Gasteiger partial charge in [-0.15, -0.1) is 10.2 Å². The van der Waals surface area contributed by atoms with E-state index in [1.54, 1.807) is 0 Å². The van der Waals surface area contributed by atoms with E-state index in [1.807, 2.05) is 13.1 Å². The molecular formula is C15H24N6. The number of nitrogens with one attached hydrogen (secondary N) is 2. The lowest BCUT2D eigenvalue weighted by molar-refractivity contribution is 0.374. The minimum Gasteiger partial charge on any atom is -0.314 e. The summed E-state index contributed by atoms with van der Waals surface area (Å²) in [5.41, 5.74) is 2.57. The van der Waals surface area contributed by atoms with Gasteiger partial charge in [-0.2, -0.15) is 5.10 Å². The van der Waals surface area contributed by atoms with Crippen LogP contribution >= 0.6 is 0 Å². The zero-order chi connectivity index (χ0) is 15.0. The van der Waals surface area contributed by atoms with Gasteiger partial charge in [-0.25, -0.2) is 0 Å². The molecule has 6 nitrogen and oxygen atoms in total. The van der Waals surface area contributed by atoms with E-state index in [4.69, 9.17) is 0 Å². The van der Waals surface area contributed by atoms with Crippen LogP contribution in [0.2, 0.25) is 0 Å². The van der Waals surface area contributed by atoms with Crippen molar-refractivity contribution >= 4 is 0 Å². The van der Waals surface area contributed by atoms with Crippen molar-refractivity contribution in [3.05, 3.63) is 29.1 Å². The van der Waals surface area contributed by atoms with Crippen molar-refractivity contribution in [2.75, 3.05) is 0 Å². The summed E-state index contributed by atoms with van der Waals surface area (Å²) in [6, 6.07) is 0.468. The zero-order valence-electron chi connectivity index (χ0n) is 13.3. The lowest BCUT2D eigenvalue weighted by Gasteiger charge is -2.26. The van der Waals surface area contributed by atoms with E-state index in [0.29, 0.717) is 6.04 Å². The molecule has 2 N–H and O–H groups in total. The highest BCUT2D eigenvalue weighted by Gasteiger charge is 2.23. The molecule has 3 rings (SSSR count). The van der Waals surface area contributed by atoms with Crippen molar-refractivity contribution in [2.24, 2.45) is 0 Å². The molecule has 0 bridgehead atoms. The highest BCUT2D eigenvalue weighted by molar-refractivity contribution is 5.23. The summed E-state index contributed by atoms with van der Waals surface area (Å²) in [6.07, 6.45) is 4.04. The van der Waals surface area contributed by atoms with Crippen LogP contribution in [0.3, 0.4) is 0 Å². The monoisotopic (exact) mass is 288 g/mol. The van der Waals surface area contributed by atoms with Gasteiger partial charge in [-0.3, -0.25) is 5.10 Å². The van der Waals surface area contributed by atoms with Gasteiger partial charge in [0.15, 0.2) is 0 Å². The average Bonchev–Trinajstić information content (AvgIpc) is 3.03. The second-order valence-corrected chi connectivity index (χ2v) is 6.91. The Balaban J connectivity index is 1.65. The maximum atomic E-state index is 4.22. The summed E-state index contributed by atoms with van der Waals surface area (Å²) in [4.78, 5) is 0. The van der Waals surface area contributed by atoms with E-state index in [0.717, 1.165) is 37.6 Å². The van der Waals surface area contributed by atoms with Crippen molar-refractivity contribution in [1.29, 1.82) is 0 Å². The van der Waals surface area contributed by atoms with E-state index in [1.165, 1.54) is 11.3 Å². The molecule has 1 atom stereocenters. The molecule has 1 unspecified atom stereocenters. The number of hydrogen-bond acceptors (Lipinski definition) is 4. The van der Waals surface area contributed by atoms with E-state index in [2.05, 4.69) is 51.0 Å². The van der Waals surface area contributed by atoms with E-state index in [-0.39, 0.29) is 5.41 Å². The summed E-state index contributed by atoms with van der Waals surface area (Å²) < 4.78 is 2.22. The Morgan fingerprint density at radius 3 is 2.95 bits per heavy atom. The molecule has 0 amide bonds. The van der Waals surface area contributed by atoms with Crippen molar-refractivity contribution in [3.8, 4) is 0 Å². The first-order chi connectivity index (χ1) is 9.95. The maximum Gasteiger partial charge on any atom is 0.133 e. The molecule has 1 aliphatic rings. The summed E-state index contributed by atoms with van der Waals surface area (Å²) in [5, 5.41) is 19.4. The molecule has 0 aliphatic carbocycles. The Bertz CT molecular complexity index is 618. The van der Waals surface area contributed by atoms with Crippen LogP contribution in [0.1, 0.15) is 50.1 Å². The minimum absolute atomic E-state index is 0.0953. The van der Waals surface area contributed by atoms with Gasteiger partial charge in [0.2, 0.25) is 0 Å². The highest BCUT2D eigenvalue weighted by Crippen LogP contribution is 2.23. The summed E-state index contributed by atoms with van der Waals surface area (Å²) in [7, 11) is 0. The third-order valence-corrected chi connectivity index (χ3v) is 4.18. The fourth-order valence-electron chi connectivity index (χ4n) is 2.98. The molecule has 21 heavy (non-hydrogen) atoms. The first-order valence-corrected chi connectivity index (χ1v) is 7.60. The van der Waals surface area contributed by atoms with Crippen LogP contribution in [0.4, 0.5) is 0 Å². The first-order valence-electron chi connectivity index (χ1n) is 7.60. The van der Waals surface area contributed by atoms with Crippen LogP contribution in [0, 0.1) is 6.92 Å². The second kappa shape index (κ2) is 5.26. The topological polar surface area (TPSA) is 71.4 Å². The van der Waals surface area contributed by atoms with Gasteiger partial charge in [-0.1, -0.05) is 20.8 Å². The van der Waals surface area contributed by atoms with Gasteiger partial charge in [-0.05, 0) is 13.3 Å². The summed E-state index contributed by atoms with van der Waals surface area (Å²) in [5.74, 6) is 2.12. The SMILES string of the molecule is Cc1nnc2n1CC(NCc1cn[nH]c1C(C)(C)C)CC2. The number of rotatable bonds is 3. The number of fused-ring (bicyclic) bond motifs is 1. The lowest BCUT2D eigenvalue weighted by Crippen LogP contribution is -2.37. The third kappa shape index (κ3) is 2.85. The van der Waals surface area contributed by atoms with Crippen molar-refractivity contribution in [1.82, 2.24) is 30.3 Å². The largest absolute Gasteiger partial charge is 0.314 e. The summed E-state index contributed by atoms with van der Waals surface area (Å²) >= 11 is 0. The highest BCUT2D eigenvalue weighted by atomic mass is 15.3. The van der Waals surface area contributed by atoms with E-state index in [9.17, 15) is 0 Å². The number of hydrogen-bond donors (Lipinski definition) is 2. The Labute approximate surface area is 125 Å². The molecule has 0 fully saturated rings. The van der Waals surface area contributed by atoms with Crippen molar-refractivity contribution < 1.29 is 0 Å². The lowest BCUT2D eigenvalue weighted by atomic mass is 9.89. The van der Waals surface area contributed by atoms with Gasteiger partial charge in [0.25, 0.3) is 0 Å². The smallest absolute Gasteiger partial charge is 0.133 e. The Morgan fingerprint density at radius 2 is 2.19 bits per heavy atom. The summed E-state index contributed by atoms with van der Waals surface area (Å²) in [6.45, 7) is 10.4. The first kappa shape index (κ1) is 14.3. The number of H-pyrrole nitrogens is 1. The second-order valence-electron chi connectivity index (χ2n) is 6.91. The third-order valence-electron chi connectivity index (χ3n) is 4.18. The molecule has 0 aromatic carbocycles. The van der Waals surface area contributed by atoms with Crippen LogP contribution in [0.15, 0.2) is 6.20 Å². The number of nitrogens with zero attached hydrogens (tertiary/aromatic N) is 4. The average molecular weight is 288 g/mol. The number of aromatic nitrogens is 5. The van der Waals surface area contributed by atoms with Gasteiger partial charge >= 0.3 is 0 Å². The molecule has 2 aromatic rings. The Hall–Kier alpha value is -1.69. The van der Waals surface area contributed by atoms with Crippen LogP contribution in [-0.2, 0) is 24.9 Å². The molecule has 0 saturated heterocycles. The number of aromatic amines is 1. The van der Waals surface area contributed by atoms with E-state index < -0.39 is 0 Å². The van der Waals surface area contributed by atoms with Gasteiger partial charge in [0.1, 0.15) is 11.6 Å². The minimum atomic E-state index is 0.0953. The number of aryl methyl sites for hydroxylation is 2. The van der Waals surface area contributed by atoms with Gasteiger partial charge in [0.05, 0.1) is 6.20 Å². The Morgan fingerprint density at radius 1 is 1.38 bits per heavy atom.